The van der Waals surface area contributed by atoms with Gasteiger partial charge < -0.3 is 5.32 Å². The van der Waals surface area contributed by atoms with Crippen molar-refractivity contribution in [2.45, 2.75) is 45.6 Å². The Kier molecular flexibility index (Phi) is 4.55. The van der Waals surface area contributed by atoms with Crippen LogP contribution in [0.5, 0.6) is 0 Å². The first-order valence-electron chi connectivity index (χ1n) is 6.90. The van der Waals surface area contributed by atoms with Crippen molar-refractivity contribution in [3.63, 3.8) is 0 Å². The predicted octanol–water partition coefficient (Wildman–Crippen LogP) is 3.56. The van der Waals surface area contributed by atoms with Gasteiger partial charge in [0.05, 0.1) is 5.69 Å². The predicted molar refractivity (Wildman–Crippen MR) is 71.8 cm³/mol. The fraction of sp³-hybridized carbons (Fsp3) is 0.667. The Morgan fingerprint density at radius 3 is 2.71 bits per heavy atom. The lowest BCUT2D eigenvalue weighted by molar-refractivity contribution is 0.275. The van der Waals surface area contributed by atoms with Crippen LogP contribution in [-0.2, 0) is 0 Å². The number of nitrogens with one attached hydrogen (secondary N) is 1. The third kappa shape index (κ3) is 3.81. The molecule has 17 heavy (non-hydrogen) atoms. The van der Waals surface area contributed by atoms with Crippen LogP contribution in [0.2, 0.25) is 0 Å². The normalized spacial score (nSPS) is 26.7. The fourth-order valence-electron chi connectivity index (χ4n) is 2.61. The molecule has 1 fully saturated rings. The highest BCUT2D eigenvalue weighted by Crippen LogP contribution is 2.28. The van der Waals surface area contributed by atoms with Crippen LogP contribution in [0.1, 0.15) is 51.3 Å². The number of nitrogens with zero attached hydrogens (tertiary/aromatic N) is 1. The van der Waals surface area contributed by atoms with Crippen LogP contribution >= 0.6 is 0 Å². The Bertz CT molecular complexity index is 315. The van der Waals surface area contributed by atoms with Gasteiger partial charge in [-0.25, -0.2) is 0 Å². The van der Waals surface area contributed by atoms with Gasteiger partial charge in [0, 0.05) is 12.2 Å². The second-order valence-corrected chi connectivity index (χ2v) is 5.51. The Balaban J connectivity index is 1.75. The van der Waals surface area contributed by atoms with E-state index >= 15 is 0 Å². The van der Waals surface area contributed by atoms with Crippen molar-refractivity contribution >= 4 is 0 Å². The van der Waals surface area contributed by atoms with Gasteiger partial charge in [0.15, 0.2) is 0 Å². The number of rotatable bonds is 4. The molecule has 1 aliphatic rings. The first-order valence-corrected chi connectivity index (χ1v) is 6.90. The van der Waals surface area contributed by atoms with E-state index in [1.165, 1.54) is 25.7 Å². The maximum atomic E-state index is 4.39. The van der Waals surface area contributed by atoms with Crippen LogP contribution in [-0.4, -0.2) is 11.5 Å². The van der Waals surface area contributed by atoms with Crippen LogP contribution in [0.3, 0.4) is 0 Å². The van der Waals surface area contributed by atoms with Crippen molar-refractivity contribution in [1.29, 1.82) is 0 Å². The highest BCUT2D eigenvalue weighted by molar-refractivity contribution is 5.07. The van der Waals surface area contributed by atoms with Gasteiger partial charge in [0.25, 0.3) is 0 Å². The number of pyridine rings is 1. The minimum absolute atomic E-state index is 0.371. The molecule has 0 spiro atoms. The molecule has 1 aromatic heterocycles. The smallest absolute Gasteiger partial charge is 0.0570 e. The van der Waals surface area contributed by atoms with E-state index in [9.17, 15) is 0 Å². The van der Waals surface area contributed by atoms with Gasteiger partial charge in [0.1, 0.15) is 0 Å². The van der Waals surface area contributed by atoms with Gasteiger partial charge in [-0.1, -0.05) is 25.8 Å². The van der Waals surface area contributed by atoms with Gasteiger partial charge in [-0.05, 0) is 50.3 Å². The van der Waals surface area contributed by atoms with E-state index < -0.39 is 0 Å². The average Bonchev–Trinajstić information content (AvgIpc) is 2.39. The quantitative estimate of drug-likeness (QED) is 0.858. The summed E-state index contributed by atoms with van der Waals surface area (Å²) >= 11 is 0. The highest BCUT2D eigenvalue weighted by Gasteiger charge is 2.18. The molecule has 0 aromatic carbocycles. The molecule has 2 heteroatoms. The molecule has 1 N–H and O–H groups in total. The lowest BCUT2D eigenvalue weighted by atomic mass is 9.83. The molecular weight excluding hydrogens is 208 g/mol. The van der Waals surface area contributed by atoms with Gasteiger partial charge in [-0.2, -0.15) is 0 Å². The van der Waals surface area contributed by atoms with Crippen LogP contribution in [0.25, 0.3) is 0 Å². The molecule has 0 bridgehead atoms. The summed E-state index contributed by atoms with van der Waals surface area (Å²) in [6.45, 7) is 5.72. The summed E-state index contributed by atoms with van der Waals surface area (Å²) in [5, 5.41) is 3.62. The summed E-state index contributed by atoms with van der Waals surface area (Å²) in [5.74, 6) is 1.82. The highest BCUT2D eigenvalue weighted by atomic mass is 14.9. The lowest BCUT2D eigenvalue weighted by Gasteiger charge is -2.27. The zero-order valence-corrected chi connectivity index (χ0v) is 11.0. The average molecular weight is 232 g/mol. The van der Waals surface area contributed by atoms with E-state index in [-0.39, 0.29) is 0 Å². The maximum absolute atomic E-state index is 4.39. The van der Waals surface area contributed by atoms with E-state index in [1.807, 2.05) is 12.3 Å². The molecule has 0 unspecified atom stereocenters. The Hall–Kier alpha value is -0.890. The van der Waals surface area contributed by atoms with E-state index in [2.05, 4.69) is 36.3 Å². The van der Waals surface area contributed by atoms with Crippen LogP contribution in [0, 0.1) is 11.8 Å². The molecule has 1 atom stereocenters. The summed E-state index contributed by atoms with van der Waals surface area (Å²) in [6.07, 6.45) is 7.47. The molecule has 0 aliphatic heterocycles. The Labute approximate surface area is 105 Å². The van der Waals surface area contributed by atoms with Gasteiger partial charge in [-0.15, -0.1) is 0 Å². The molecule has 1 aliphatic carbocycles. The molecule has 94 valence electrons. The standard InChI is InChI=1S/C15H24N2/c1-12-6-8-14(9-7-12)11-17-13(2)15-5-3-4-10-16-15/h3-5,10,12-14,17H,6-9,11H2,1-2H3/t12?,13-,14?/m1/s1. The molecule has 1 heterocycles. The van der Waals surface area contributed by atoms with Gasteiger partial charge in [0.2, 0.25) is 0 Å². The third-order valence-electron chi connectivity index (χ3n) is 3.98. The summed E-state index contributed by atoms with van der Waals surface area (Å²) in [5.41, 5.74) is 1.15. The molecule has 0 radical (unpaired) electrons. The summed E-state index contributed by atoms with van der Waals surface area (Å²) in [4.78, 5) is 4.39. The van der Waals surface area contributed by atoms with Crippen molar-refractivity contribution < 1.29 is 0 Å². The Morgan fingerprint density at radius 1 is 1.29 bits per heavy atom. The molecule has 0 saturated heterocycles. The van der Waals surface area contributed by atoms with Crippen molar-refractivity contribution in [2.24, 2.45) is 11.8 Å². The first kappa shape index (κ1) is 12.6. The zero-order chi connectivity index (χ0) is 12.1. The second-order valence-electron chi connectivity index (χ2n) is 5.51. The largest absolute Gasteiger partial charge is 0.309 e. The van der Waals surface area contributed by atoms with E-state index in [0.717, 1.165) is 24.1 Å². The topological polar surface area (TPSA) is 24.9 Å². The van der Waals surface area contributed by atoms with Gasteiger partial charge in [-0.3, -0.25) is 4.98 Å². The fourth-order valence-corrected chi connectivity index (χ4v) is 2.61. The lowest BCUT2D eigenvalue weighted by Crippen LogP contribution is -2.28. The van der Waals surface area contributed by atoms with Crippen molar-refractivity contribution in [3.8, 4) is 0 Å². The van der Waals surface area contributed by atoms with E-state index in [0.29, 0.717) is 6.04 Å². The number of hydrogen-bond acceptors (Lipinski definition) is 2. The second kappa shape index (κ2) is 6.15. The molecule has 0 amide bonds. The molecule has 2 nitrogen and oxygen atoms in total. The minimum atomic E-state index is 0.371. The molecule has 1 saturated carbocycles. The summed E-state index contributed by atoms with van der Waals surface area (Å²) in [6, 6.07) is 6.50. The van der Waals surface area contributed by atoms with Gasteiger partial charge >= 0.3 is 0 Å². The van der Waals surface area contributed by atoms with Crippen LogP contribution < -0.4 is 5.32 Å². The monoisotopic (exact) mass is 232 g/mol. The third-order valence-corrected chi connectivity index (χ3v) is 3.98. The molecule has 2 rings (SSSR count). The summed E-state index contributed by atoms with van der Waals surface area (Å²) in [7, 11) is 0. The minimum Gasteiger partial charge on any atom is -0.309 e. The number of hydrogen-bond donors (Lipinski definition) is 1. The molecule has 1 aromatic rings. The number of aromatic nitrogens is 1. The van der Waals surface area contributed by atoms with E-state index in [1.54, 1.807) is 0 Å². The SMILES string of the molecule is CC1CCC(CN[C@H](C)c2ccccn2)CC1. The van der Waals surface area contributed by atoms with Crippen LogP contribution in [0.4, 0.5) is 0 Å². The molecular formula is C15H24N2. The first-order chi connectivity index (χ1) is 8.25. The van der Waals surface area contributed by atoms with E-state index in [4.69, 9.17) is 0 Å². The zero-order valence-electron chi connectivity index (χ0n) is 11.0. The van der Waals surface area contributed by atoms with Crippen molar-refractivity contribution in [3.05, 3.63) is 30.1 Å². The van der Waals surface area contributed by atoms with Crippen molar-refractivity contribution in [2.75, 3.05) is 6.54 Å². The summed E-state index contributed by atoms with van der Waals surface area (Å²) < 4.78 is 0. The van der Waals surface area contributed by atoms with Crippen molar-refractivity contribution in [1.82, 2.24) is 10.3 Å². The van der Waals surface area contributed by atoms with Crippen LogP contribution in [0.15, 0.2) is 24.4 Å². The Morgan fingerprint density at radius 2 is 2.06 bits per heavy atom. The maximum Gasteiger partial charge on any atom is 0.0570 e.